The number of rotatable bonds is 2. The minimum Gasteiger partial charge on any atom is -0.382 e. The number of nitrogens with zero attached hydrogens (tertiary/aromatic N) is 2. The van der Waals surface area contributed by atoms with E-state index in [4.69, 9.17) is 5.73 Å². The highest BCUT2D eigenvalue weighted by Crippen LogP contribution is 2.35. The Morgan fingerprint density at radius 1 is 1.58 bits per heavy atom. The summed E-state index contributed by atoms with van der Waals surface area (Å²) in [6.45, 7) is 1.73. The third-order valence-corrected chi connectivity index (χ3v) is 5.20. The van der Waals surface area contributed by atoms with Crippen molar-refractivity contribution in [2.75, 3.05) is 24.2 Å². The molecule has 3 rings (SSSR count). The molecule has 0 atom stereocenters. The van der Waals surface area contributed by atoms with E-state index in [0.29, 0.717) is 11.4 Å². The average Bonchev–Trinajstić information content (AvgIpc) is 3.03. The highest BCUT2D eigenvalue weighted by atomic mass is 32.1. The van der Waals surface area contributed by atoms with Crippen molar-refractivity contribution in [1.29, 1.82) is 0 Å². The number of carbonyl (C=O) groups is 1. The number of nitrogen functional groups attached to an aromatic ring is 1. The Morgan fingerprint density at radius 3 is 3.21 bits per heavy atom. The van der Waals surface area contributed by atoms with E-state index in [2.05, 4.69) is 26.0 Å². The Balaban J connectivity index is 1.94. The molecule has 19 heavy (non-hydrogen) atoms. The van der Waals surface area contributed by atoms with Crippen molar-refractivity contribution in [3.8, 4) is 0 Å². The topological polar surface area (TPSA) is 71.2 Å². The molecule has 0 bridgehead atoms. The number of nitrogens with two attached hydrogens (primary N) is 1. The summed E-state index contributed by atoms with van der Waals surface area (Å²) in [6.07, 6.45) is 1.01. The lowest BCUT2D eigenvalue weighted by atomic mass is 10.1. The number of amides is 1. The summed E-state index contributed by atoms with van der Waals surface area (Å²) in [4.78, 5) is 15.5. The Morgan fingerprint density at radius 2 is 2.42 bits per heavy atom. The fourth-order valence-electron chi connectivity index (χ4n) is 2.27. The van der Waals surface area contributed by atoms with E-state index in [-0.39, 0.29) is 5.91 Å². The number of anilines is 2. The van der Waals surface area contributed by atoms with E-state index in [1.165, 1.54) is 22.0 Å². The molecule has 0 fully saturated rings. The molecule has 5 nitrogen and oxygen atoms in total. The molecule has 0 unspecified atom stereocenters. The van der Waals surface area contributed by atoms with Crippen LogP contribution < -0.4 is 16.0 Å². The molecule has 0 saturated carbocycles. The van der Waals surface area contributed by atoms with Crippen LogP contribution in [0.15, 0.2) is 11.4 Å². The molecule has 0 aromatic carbocycles. The Kier molecular flexibility index (Phi) is 3.16. The van der Waals surface area contributed by atoms with Crippen molar-refractivity contribution < 1.29 is 4.79 Å². The van der Waals surface area contributed by atoms with Gasteiger partial charge >= 0.3 is 0 Å². The number of hydrogen-bond acceptors (Lipinski definition) is 6. The van der Waals surface area contributed by atoms with Gasteiger partial charge in [0.1, 0.15) is 10.6 Å². The lowest BCUT2D eigenvalue weighted by Gasteiger charge is -2.28. The van der Waals surface area contributed by atoms with Crippen molar-refractivity contribution in [1.82, 2.24) is 9.69 Å². The van der Waals surface area contributed by atoms with Crippen molar-refractivity contribution in [2.45, 2.75) is 13.0 Å². The molecule has 100 valence electrons. The molecule has 3 heterocycles. The number of fused-ring (bicyclic) bond motifs is 1. The van der Waals surface area contributed by atoms with Crippen molar-refractivity contribution in [3.63, 3.8) is 0 Å². The largest absolute Gasteiger partial charge is 0.382 e. The van der Waals surface area contributed by atoms with Crippen molar-refractivity contribution >= 4 is 39.6 Å². The third kappa shape index (κ3) is 2.08. The van der Waals surface area contributed by atoms with Crippen LogP contribution in [0.5, 0.6) is 0 Å². The molecule has 1 aliphatic heterocycles. The summed E-state index contributed by atoms with van der Waals surface area (Å²) < 4.78 is 4.12. The average molecular weight is 294 g/mol. The van der Waals surface area contributed by atoms with Gasteiger partial charge in [0.2, 0.25) is 0 Å². The van der Waals surface area contributed by atoms with Crippen LogP contribution in [-0.4, -0.2) is 23.9 Å². The number of aromatic nitrogens is 1. The fourth-order valence-corrected chi connectivity index (χ4v) is 4.00. The van der Waals surface area contributed by atoms with Gasteiger partial charge in [0.15, 0.2) is 5.82 Å². The van der Waals surface area contributed by atoms with Crippen molar-refractivity contribution in [2.24, 2.45) is 0 Å². The van der Waals surface area contributed by atoms with Gasteiger partial charge in [-0.3, -0.25) is 4.79 Å². The molecular formula is C12H14N4OS2. The lowest BCUT2D eigenvalue weighted by molar-refractivity contribution is 0.0964. The Labute approximate surface area is 119 Å². The first kappa shape index (κ1) is 12.4. The zero-order valence-electron chi connectivity index (χ0n) is 10.5. The number of carbonyl (C=O) groups excluding carboxylic acids is 1. The van der Waals surface area contributed by atoms with E-state index in [1.807, 2.05) is 0 Å². The van der Waals surface area contributed by atoms with E-state index >= 15 is 0 Å². The fraction of sp³-hybridized carbons (Fsp3) is 0.333. The zero-order valence-corrected chi connectivity index (χ0v) is 12.1. The van der Waals surface area contributed by atoms with Crippen LogP contribution in [-0.2, 0) is 13.0 Å². The van der Waals surface area contributed by atoms with Crippen LogP contribution in [0.1, 0.15) is 20.8 Å². The van der Waals surface area contributed by atoms with Crippen LogP contribution in [0.3, 0.4) is 0 Å². The van der Waals surface area contributed by atoms with E-state index < -0.39 is 0 Å². The number of thiophene rings is 1. The van der Waals surface area contributed by atoms with Gasteiger partial charge in [-0.25, -0.2) is 0 Å². The first-order valence-corrected chi connectivity index (χ1v) is 7.63. The highest BCUT2D eigenvalue weighted by Gasteiger charge is 2.25. The van der Waals surface area contributed by atoms with Crippen LogP contribution >= 0.6 is 22.9 Å². The third-order valence-electron chi connectivity index (χ3n) is 3.25. The number of hydrogen-bond donors (Lipinski definition) is 2. The predicted octanol–water partition coefficient (Wildman–Crippen LogP) is 1.71. The summed E-state index contributed by atoms with van der Waals surface area (Å²) in [5.41, 5.74) is 7.66. The molecule has 0 radical (unpaired) electrons. The first-order chi connectivity index (χ1) is 9.20. The minimum atomic E-state index is -0.169. The van der Waals surface area contributed by atoms with Crippen LogP contribution in [0.4, 0.5) is 10.8 Å². The lowest BCUT2D eigenvalue weighted by Crippen LogP contribution is -2.31. The van der Waals surface area contributed by atoms with Gasteiger partial charge in [-0.1, -0.05) is 0 Å². The molecule has 0 spiro atoms. The van der Waals surface area contributed by atoms with E-state index in [1.54, 1.807) is 18.4 Å². The molecule has 2 aromatic rings. The van der Waals surface area contributed by atoms with Gasteiger partial charge in [-0.2, -0.15) is 4.37 Å². The minimum absolute atomic E-state index is 0.169. The quantitative estimate of drug-likeness (QED) is 0.884. The SMILES string of the molecule is CNC(=O)c1c(N)nsc1N1CCc2sccc2C1. The molecule has 7 heteroatoms. The molecule has 2 aromatic heterocycles. The van der Waals surface area contributed by atoms with Gasteiger partial charge in [-0.05, 0) is 35.0 Å². The normalized spacial score (nSPS) is 14.3. The predicted molar refractivity (Wildman–Crippen MR) is 79.0 cm³/mol. The molecule has 0 aliphatic carbocycles. The van der Waals surface area contributed by atoms with Crippen LogP contribution in [0.2, 0.25) is 0 Å². The van der Waals surface area contributed by atoms with E-state index in [9.17, 15) is 4.79 Å². The van der Waals surface area contributed by atoms with Gasteiger partial charge < -0.3 is 16.0 Å². The maximum atomic E-state index is 11.9. The van der Waals surface area contributed by atoms with Gasteiger partial charge in [-0.15, -0.1) is 11.3 Å². The van der Waals surface area contributed by atoms with Gasteiger partial charge in [0.05, 0.1) is 0 Å². The Hall–Kier alpha value is -1.60. The summed E-state index contributed by atoms with van der Waals surface area (Å²) in [5.74, 6) is 0.146. The molecular weight excluding hydrogens is 280 g/mol. The maximum absolute atomic E-state index is 11.9. The maximum Gasteiger partial charge on any atom is 0.257 e. The molecule has 1 aliphatic rings. The second-order valence-corrected chi connectivity index (χ2v) is 6.12. The van der Waals surface area contributed by atoms with Gasteiger partial charge in [0.25, 0.3) is 5.91 Å². The number of nitrogens with one attached hydrogen (secondary N) is 1. The van der Waals surface area contributed by atoms with Gasteiger partial charge in [0, 0.05) is 25.0 Å². The molecule has 1 amide bonds. The smallest absolute Gasteiger partial charge is 0.257 e. The summed E-state index contributed by atoms with van der Waals surface area (Å²) in [5, 5.41) is 5.61. The standard InChI is InChI=1S/C12H14N4OS2/c1-14-11(17)9-10(13)15-19-12(9)16-4-2-8-7(6-16)3-5-18-8/h3,5H,2,4,6H2,1H3,(H2,13,15)(H,14,17). The first-order valence-electron chi connectivity index (χ1n) is 5.98. The highest BCUT2D eigenvalue weighted by molar-refractivity contribution is 7.11. The van der Waals surface area contributed by atoms with Crippen molar-refractivity contribution in [3.05, 3.63) is 27.5 Å². The van der Waals surface area contributed by atoms with Crippen LogP contribution in [0, 0.1) is 0 Å². The summed E-state index contributed by atoms with van der Waals surface area (Å²) in [7, 11) is 1.61. The second-order valence-electron chi connectivity index (χ2n) is 4.37. The Bertz CT molecular complexity index is 619. The molecule has 0 saturated heterocycles. The van der Waals surface area contributed by atoms with E-state index in [0.717, 1.165) is 24.5 Å². The second kappa shape index (κ2) is 4.82. The van der Waals surface area contributed by atoms with Crippen LogP contribution in [0.25, 0.3) is 0 Å². The monoisotopic (exact) mass is 294 g/mol. The summed E-state index contributed by atoms with van der Waals surface area (Å²) in [6, 6.07) is 2.15. The molecule has 3 N–H and O–H groups in total. The zero-order chi connectivity index (χ0) is 13.4. The summed E-state index contributed by atoms with van der Waals surface area (Å²) >= 11 is 3.10.